The second-order valence-electron chi connectivity index (χ2n) is 3.61. The van der Waals surface area contributed by atoms with E-state index >= 15 is 0 Å². The Morgan fingerprint density at radius 2 is 2.07 bits per heavy atom. The molecule has 82 valence electrons. The summed E-state index contributed by atoms with van der Waals surface area (Å²) in [5.74, 6) is 0.197. The average molecular weight is 208 g/mol. The molecule has 3 N–H and O–H groups in total. The monoisotopic (exact) mass is 208 g/mol. The third-order valence-corrected chi connectivity index (χ3v) is 1.85. The number of nitrogens with one attached hydrogen (secondary N) is 2. The van der Waals surface area contributed by atoms with Crippen molar-refractivity contribution in [2.45, 2.75) is 26.4 Å². The van der Waals surface area contributed by atoms with E-state index in [1.807, 2.05) is 19.9 Å². The highest BCUT2D eigenvalue weighted by atomic mass is 16.3. The first kappa shape index (κ1) is 11.4. The van der Waals surface area contributed by atoms with Crippen LogP contribution in [0.25, 0.3) is 0 Å². The first-order valence-corrected chi connectivity index (χ1v) is 4.91. The van der Waals surface area contributed by atoms with Crippen molar-refractivity contribution in [3.05, 3.63) is 29.8 Å². The maximum Gasteiger partial charge on any atom is 0.315 e. The van der Waals surface area contributed by atoms with E-state index in [1.165, 1.54) is 0 Å². The van der Waals surface area contributed by atoms with Gasteiger partial charge in [-0.1, -0.05) is 18.2 Å². The molecular weight excluding hydrogens is 192 g/mol. The minimum atomic E-state index is -0.228. The Morgan fingerprint density at radius 1 is 1.40 bits per heavy atom. The highest BCUT2D eigenvalue weighted by molar-refractivity contribution is 5.74. The molecule has 0 spiro atoms. The average Bonchev–Trinajstić information content (AvgIpc) is 2.15. The Labute approximate surface area is 89.3 Å². The summed E-state index contributed by atoms with van der Waals surface area (Å²) in [5, 5.41) is 14.8. The molecule has 0 aromatic heterocycles. The smallest absolute Gasteiger partial charge is 0.315 e. The van der Waals surface area contributed by atoms with E-state index in [1.54, 1.807) is 18.2 Å². The van der Waals surface area contributed by atoms with E-state index in [4.69, 9.17) is 0 Å². The first-order chi connectivity index (χ1) is 7.09. The number of rotatable bonds is 3. The van der Waals surface area contributed by atoms with Gasteiger partial charge in [-0.25, -0.2) is 4.79 Å². The molecule has 0 saturated heterocycles. The Bertz CT molecular complexity index is 337. The molecule has 15 heavy (non-hydrogen) atoms. The fourth-order valence-electron chi connectivity index (χ4n) is 1.15. The molecule has 1 rings (SSSR count). The highest BCUT2D eigenvalue weighted by Crippen LogP contribution is 2.14. The van der Waals surface area contributed by atoms with Crippen molar-refractivity contribution in [3.63, 3.8) is 0 Å². The van der Waals surface area contributed by atoms with Gasteiger partial charge in [-0.05, 0) is 19.9 Å². The first-order valence-electron chi connectivity index (χ1n) is 4.91. The molecule has 0 radical (unpaired) electrons. The van der Waals surface area contributed by atoms with Crippen molar-refractivity contribution in [2.24, 2.45) is 0 Å². The minimum Gasteiger partial charge on any atom is -0.508 e. The maximum atomic E-state index is 11.2. The zero-order valence-electron chi connectivity index (χ0n) is 8.95. The van der Waals surface area contributed by atoms with Crippen LogP contribution in [0.15, 0.2) is 24.3 Å². The number of carbonyl (C=O) groups is 1. The number of phenolic OH excluding ortho intramolecular Hbond substituents is 1. The summed E-state index contributed by atoms with van der Waals surface area (Å²) >= 11 is 0. The lowest BCUT2D eigenvalue weighted by molar-refractivity contribution is 0.238. The third kappa shape index (κ3) is 3.89. The fourth-order valence-corrected chi connectivity index (χ4v) is 1.15. The van der Waals surface area contributed by atoms with Gasteiger partial charge >= 0.3 is 6.03 Å². The lowest BCUT2D eigenvalue weighted by Gasteiger charge is -2.10. The molecule has 0 aliphatic heterocycles. The number of amides is 2. The van der Waals surface area contributed by atoms with Gasteiger partial charge in [0.2, 0.25) is 0 Å². The molecule has 0 aliphatic rings. The van der Waals surface area contributed by atoms with Crippen LogP contribution in [0.5, 0.6) is 5.75 Å². The molecule has 0 saturated carbocycles. The van der Waals surface area contributed by atoms with E-state index in [-0.39, 0.29) is 17.8 Å². The summed E-state index contributed by atoms with van der Waals surface area (Å²) in [7, 11) is 0. The molecule has 4 nitrogen and oxygen atoms in total. The van der Waals surface area contributed by atoms with Gasteiger partial charge in [0, 0.05) is 18.2 Å². The molecule has 1 aromatic carbocycles. The molecule has 0 fully saturated rings. The van der Waals surface area contributed by atoms with Crippen molar-refractivity contribution in [1.82, 2.24) is 10.6 Å². The number of hydrogen-bond donors (Lipinski definition) is 3. The van der Waals surface area contributed by atoms with E-state index in [0.717, 1.165) is 0 Å². The van der Waals surface area contributed by atoms with Crippen molar-refractivity contribution in [3.8, 4) is 5.75 Å². The number of benzene rings is 1. The number of carbonyl (C=O) groups excluding carboxylic acids is 1. The van der Waals surface area contributed by atoms with Gasteiger partial charge in [0.1, 0.15) is 5.75 Å². The van der Waals surface area contributed by atoms with Crippen LogP contribution >= 0.6 is 0 Å². The summed E-state index contributed by atoms with van der Waals surface area (Å²) in [6.07, 6.45) is 0. The van der Waals surface area contributed by atoms with Crippen molar-refractivity contribution in [1.29, 1.82) is 0 Å². The van der Waals surface area contributed by atoms with Crippen molar-refractivity contribution < 1.29 is 9.90 Å². The van der Waals surface area contributed by atoms with Crippen molar-refractivity contribution >= 4 is 6.03 Å². The quantitative estimate of drug-likeness (QED) is 0.706. The fraction of sp³-hybridized carbons (Fsp3) is 0.364. The van der Waals surface area contributed by atoms with Crippen LogP contribution in [0.2, 0.25) is 0 Å². The van der Waals surface area contributed by atoms with Crippen LogP contribution in [0.3, 0.4) is 0 Å². The van der Waals surface area contributed by atoms with E-state index in [2.05, 4.69) is 10.6 Å². The molecule has 4 heteroatoms. The van der Waals surface area contributed by atoms with Crippen LogP contribution in [0.1, 0.15) is 19.4 Å². The number of aromatic hydroxyl groups is 1. The lowest BCUT2D eigenvalue weighted by Crippen LogP contribution is -2.39. The van der Waals surface area contributed by atoms with Crippen LogP contribution < -0.4 is 10.6 Å². The zero-order valence-corrected chi connectivity index (χ0v) is 8.95. The van der Waals surface area contributed by atoms with E-state index < -0.39 is 0 Å². The standard InChI is InChI=1S/C11H16N2O2/c1-8(2)13-11(15)12-7-9-5-3-4-6-10(9)14/h3-6,8,14H,7H2,1-2H3,(H2,12,13,15). The topological polar surface area (TPSA) is 61.4 Å². The summed E-state index contributed by atoms with van der Waals surface area (Å²) < 4.78 is 0. The maximum absolute atomic E-state index is 11.2. The van der Waals surface area contributed by atoms with E-state index in [0.29, 0.717) is 12.1 Å². The zero-order chi connectivity index (χ0) is 11.3. The Hall–Kier alpha value is -1.71. The predicted molar refractivity (Wildman–Crippen MR) is 58.6 cm³/mol. The Kier molecular flexibility index (Phi) is 3.97. The molecule has 0 heterocycles. The summed E-state index contributed by atoms with van der Waals surface area (Å²) in [4.78, 5) is 11.2. The molecular formula is C11H16N2O2. The van der Waals surface area contributed by atoms with Gasteiger partial charge in [-0.2, -0.15) is 0 Å². The minimum absolute atomic E-state index is 0.106. The lowest BCUT2D eigenvalue weighted by atomic mass is 10.2. The largest absolute Gasteiger partial charge is 0.508 e. The second kappa shape index (κ2) is 5.24. The normalized spacial score (nSPS) is 10.1. The molecule has 0 aliphatic carbocycles. The summed E-state index contributed by atoms with van der Waals surface area (Å²) in [6.45, 7) is 4.10. The molecule has 2 amide bonds. The summed E-state index contributed by atoms with van der Waals surface area (Å²) in [5.41, 5.74) is 0.705. The molecule has 1 aromatic rings. The van der Waals surface area contributed by atoms with Crippen LogP contribution in [-0.2, 0) is 6.54 Å². The van der Waals surface area contributed by atoms with Crippen LogP contribution in [0.4, 0.5) is 4.79 Å². The summed E-state index contributed by atoms with van der Waals surface area (Å²) in [6, 6.07) is 6.80. The molecule has 0 bridgehead atoms. The van der Waals surface area contributed by atoms with Crippen LogP contribution in [-0.4, -0.2) is 17.2 Å². The van der Waals surface area contributed by atoms with Gasteiger partial charge in [0.15, 0.2) is 0 Å². The van der Waals surface area contributed by atoms with Gasteiger partial charge in [-0.15, -0.1) is 0 Å². The molecule has 0 unspecified atom stereocenters. The third-order valence-electron chi connectivity index (χ3n) is 1.85. The van der Waals surface area contributed by atoms with Gasteiger partial charge < -0.3 is 15.7 Å². The van der Waals surface area contributed by atoms with Crippen molar-refractivity contribution in [2.75, 3.05) is 0 Å². The number of urea groups is 1. The van der Waals surface area contributed by atoms with Gasteiger partial charge in [0.25, 0.3) is 0 Å². The second-order valence-corrected chi connectivity index (χ2v) is 3.61. The number of para-hydroxylation sites is 1. The predicted octanol–water partition coefficient (Wildman–Crippen LogP) is 1.60. The highest BCUT2D eigenvalue weighted by Gasteiger charge is 2.03. The Morgan fingerprint density at radius 3 is 2.67 bits per heavy atom. The Balaban J connectivity index is 2.44. The number of hydrogen-bond acceptors (Lipinski definition) is 2. The van der Waals surface area contributed by atoms with Gasteiger partial charge in [-0.3, -0.25) is 0 Å². The molecule has 0 atom stereocenters. The SMILES string of the molecule is CC(C)NC(=O)NCc1ccccc1O. The van der Waals surface area contributed by atoms with Gasteiger partial charge in [0.05, 0.1) is 0 Å². The van der Waals surface area contributed by atoms with Crippen LogP contribution in [0, 0.1) is 0 Å². The van der Waals surface area contributed by atoms with E-state index in [9.17, 15) is 9.90 Å². The number of phenols is 1.